The molecule has 0 unspecified atom stereocenters. The first-order valence-electron chi connectivity index (χ1n) is 5.64. The second-order valence-electron chi connectivity index (χ2n) is 3.90. The Morgan fingerprint density at radius 1 is 1.53 bits per heavy atom. The van der Waals surface area contributed by atoms with Crippen LogP contribution in [0, 0.1) is 5.82 Å². The minimum absolute atomic E-state index is 0.237. The normalized spacial score (nSPS) is 10.7. The number of methoxy groups -OCH3 is 1. The number of aromatic nitrogens is 2. The van der Waals surface area contributed by atoms with Gasteiger partial charge in [0.15, 0.2) is 0 Å². The van der Waals surface area contributed by atoms with Crippen molar-refractivity contribution in [3.8, 4) is 0 Å². The molecule has 0 amide bonds. The van der Waals surface area contributed by atoms with Gasteiger partial charge in [-0.2, -0.15) is 5.10 Å². The van der Waals surface area contributed by atoms with Crippen LogP contribution in [0.25, 0.3) is 0 Å². The van der Waals surface area contributed by atoms with E-state index in [0.717, 1.165) is 0 Å². The molecule has 0 fully saturated rings. The summed E-state index contributed by atoms with van der Waals surface area (Å²) in [6.45, 7) is 0.807. The van der Waals surface area contributed by atoms with Crippen molar-refractivity contribution in [2.45, 2.75) is 6.54 Å². The summed E-state index contributed by atoms with van der Waals surface area (Å²) >= 11 is 5.97. The fourth-order valence-corrected chi connectivity index (χ4v) is 1.93. The van der Waals surface area contributed by atoms with E-state index in [-0.39, 0.29) is 22.1 Å². The Kier molecular flexibility index (Phi) is 4.29. The number of ether oxygens (including phenoxy) is 1. The average Bonchev–Trinajstić information content (AvgIpc) is 2.76. The average molecular weight is 283 g/mol. The van der Waals surface area contributed by atoms with Crippen LogP contribution in [0.15, 0.2) is 30.5 Å². The van der Waals surface area contributed by atoms with Crippen molar-refractivity contribution >= 4 is 17.4 Å². The Labute approximate surface area is 114 Å². The zero-order valence-corrected chi connectivity index (χ0v) is 11.0. The standard InChI is InChI=1S/C13H12ClFN2O2/c1-19-6-5-17-12(11(14)8-16-17)13(18)9-3-2-4-10(15)7-9/h2-4,7-8H,5-6H2,1H3. The topological polar surface area (TPSA) is 44.1 Å². The molecule has 0 saturated heterocycles. The molecule has 0 spiro atoms. The van der Waals surface area contributed by atoms with Crippen molar-refractivity contribution in [1.29, 1.82) is 0 Å². The molecule has 1 heterocycles. The number of halogens is 2. The van der Waals surface area contributed by atoms with Gasteiger partial charge in [0.25, 0.3) is 0 Å². The van der Waals surface area contributed by atoms with Crippen molar-refractivity contribution < 1.29 is 13.9 Å². The molecule has 19 heavy (non-hydrogen) atoms. The van der Waals surface area contributed by atoms with Crippen LogP contribution in [-0.4, -0.2) is 29.3 Å². The van der Waals surface area contributed by atoms with Gasteiger partial charge in [-0.1, -0.05) is 23.7 Å². The van der Waals surface area contributed by atoms with Crippen LogP contribution in [0.2, 0.25) is 5.02 Å². The first-order chi connectivity index (χ1) is 9.13. The molecule has 0 bridgehead atoms. The van der Waals surface area contributed by atoms with Crippen LogP contribution >= 0.6 is 11.6 Å². The minimum atomic E-state index is -0.468. The molecule has 1 aromatic heterocycles. The summed E-state index contributed by atoms with van der Waals surface area (Å²) in [5.74, 6) is -0.831. The van der Waals surface area contributed by atoms with Crippen molar-refractivity contribution in [3.63, 3.8) is 0 Å². The second-order valence-corrected chi connectivity index (χ2v) is 4.30. The maximum atomic E-state index is 13.1. The lowest BCUT2D eigenvalue weighted by atomic mass is 10.1. The highest BCUT2D eigenvalue weighted by Crippen LogP contribution is 2.19. The predicted octanol–water partition coefficient (Wildman–Crippen LogP) is 2.55. The number of hydrogen-bond acceptors (Lipinski definition) is 3. The van der Waals surface area contributed by atoms with Crippen molar-refractivity contribution in [3.05, 3.63) is 52.6 Å². The van der Waals surface area contributed by atoms with E-state index in [1.54, 1.807) is 7.11 Å². The summed E-state index contributed by atoms with van der Waals surface area (Å²) in [5, 5.41) is 4.25. The fraction of sp³-hybridized carbons (Fsp3) is 0.231. The Bertz CT molecular complexity index is 598. The maximum absolute atomic E-state index is 13.1. The summed E-state index contributed by atoms with van der Waals surface area (Å²) in [5.41, 5.74) is 0.477. The molecule has 100 valence electrons. The van der Waals surface area contributed by atoms with Crippen molar-refractivity contribution in [2.75, 3.05) is 13.7 Å². The molecule has 0 aliphatic heterocycles. The van der Waals surface area contributed by atoms with Gasteiger partial charge in [-0.05, 0) is 12.1 Å². The van der Waals surface area contributed by atoms with E-state index in [0.29, 0.717) is 13.2 Å². The SMILES string of the molecule is COCCn1ncc(Cl)c1C(=O)c1cccc(F)c1. The first-order valence-corrected chi connectivity index (χ1v) is 6.02. The van der Waals surface area contributed by atoms with E-state index in [4.69, 9.17) is 16.3 Å². The molecular weight excluding hydrogens is 271 g/mol. The number of carbonyl (C=O) groups excluding carboxylic acids is 1. The highest BCUT2D eigenvalue weighted by atomic mass is 35.5. The van der Waals surface area contributed by atoms with Crippen LogP contribution in [0.4, 0.5) is 4.39 Å². The monoisotopic (exact) mass is 282 g/mol. The van der Waals surface area contributed by atoms with Crippen LogP contribution in [0.1, 0.15) is 16.1 Å². The maximum Gasteiger partial charge on any atom is 0.212 e. The smallest absolute Gasteiger partial charge is 0.212 e. The van der Waals surface area contributed by atoms with Gasteiger partial charge in [0.2, 0.25) is 5.78 Å². The summed E-state index contributed by atoms with van der Waals surface area (Å²) < 4.78 is 19.5. The highest BCUT2D eigenvalue weighted by molar-refractivity contribution is 6.34. The molecule has 0 atom stereocenters. The second kappa shape index (κ2) is 5.95. The number of rotatable bonds is 5. The predicted molar refractivity (Wildman–Crippen MR) is 68.9 cm³/mol. The van der Waals surface area contributed by atoms with E-state index < -0.39 is 5.82 Å². The third-order valence-electron chi connectivity index (χ3n) is 2.60. The summed E-state index contributed by atoms with van der Waals surface area (Å²) in [6.07, 6.45) is 1.39. The third-order valence-corrected chi connectivity index (χ3v) is 2.88. The van der Waals surface area contributed by atoms with Crippen LogP contribution in [0.5, 0.6) is 0 Å². The van der Waals surface area contributed by atoms with Gasteiger partial charge in [0.1, 0.15) is 11.5 Å². The lowest BCUT2D eigenvalue weighted by Crippen LogP contribution is -2.14. The van der Waals surface area contributed by atoms with Gasteiger partial charge in [-0.3, -0.25) is 9.48 Å². The van der Waals surface area contributed by atoms with Gasteiger partial charge in [-0.15, -0.1) is 0 Å². The van der Waals surface area contributed by atoms with E-state index in [9.17, 15) is 9.18 Å². The zero-order chi connectivity index (χ0) is 13.8. The quantitative estimate of drug-likeness (QED) is 0.792. The van der Waals surface area contributed by atoms with Crippen molar-refractivity contribution in [2.24, 2.45) is 0 Å². The lowest BCUT2D eigenvalue weighted by Gasteiger charge is -2.07. The zero-order valence-electron chi connectivity index (χ0n) is 10.3. The lowest BCUT2D eigenvalue weighted by molar-refractivity contribution is 0.102. The van der Waals surface area contributed by atoms with Crippen LogP contribution < -0.4 is 0 Å². The molecule has 0 aliphatic rings. The molecule has 0 saturated carbocycles. The summed E-state index contributed by atoms with van der Waals surface area (Å²) in [6, 6.07) is 5.47. The molecular formula is C13H12ClFN2O2. The van der Waals surface area contributed by atoms with Gasteiger partial charge in [0, 0.05) is 12.7 Å². The number of ketones is 1. The highest BCUT2D eigenvalue weighted by Gasteiger charge is 2.19. The van der Waals surface area contributed by atoms with E-state index in [2.05, 4.69) is 5.10 Å². The van der Waals surface area contributed by atoms with Gasteiger partial charge < -0.3 is 4.74 Å². The number of carbonyl (C=O) groups is 1. The first kappa shape index (κ1) is 13.7. The molecule has 4 nitrogen and oxygen atoms in total. The van der Waals surface area contributed by atoms with Crippen LogP contribution in [0.3, 0.4) is 0 Å². The van der Waals surface area contributed by atoms with Gasteiger partial charge in [-0.25, -0.2) is 4.39 Å². The number of benzene rings is 1. The molecule has 0 radical (unpaired) electrons. The van der Waals surface area contributed by atoms with Crippen LogP contribution in [-0.2, 0) is 11.3 Å². The molecule has 2 aromatic rings. The largest absolute Gasteiger partial charge is 0.383 e. The van der Waals surface area contributed by atoms with E-state index in [1.807, 2.05) is 0 Å². The Morgan fingerprint density at radius 3 is 3.00 bits per heavy atom. The van der Waals surface area contributed by atoms with Gasteiger partial charge in [0.05, 0.1) is 24.4 Å². The Hall–Kier alpha value is -1.72. The summed E-state index contributed by atoms with van der Waals surface area (Å²) in [4.78, 5) is 12.3. The Balaban J connectivity index is 2.35. The Morgan fingerprint density at radius 2 is 2.32 bits per heavy atom. The fourth-order valence-electron chi connectivity index (χ4n) is 1.70. The number of nitrogens with zero attached hydrogens (tertiary/aromatic N) is 2. The van der Waals surface area contributed by atoms with E-state index >= 15 is 0 Å². The van der Waals surface area contributed by atoms with Crippen molar-refractivity contribution in [1.82, 2.24) is 9.78 Å². The molecule has 1 aromatic carbocycles. The third kappa shape index (κ3) is 3.00. The molecule has 6 heteroatoms. The molecule has 0 N–H and O–H groups in total. The van der Waals surface area contributed by atoms with E-state index in [1.165, 1.54) is 35.1 Å². The minimum Gasteiger partial charge on any atom is -0.383 e. The molecule has 0 aliphatic carbocycles. The number of hydrogen-bond donors (Lipinski definition) is 0. The van der Waals surface area contributed by atoms with Gasteiger partial charge >= 0.3 is 0 Å². The molecule has 2 rings (SSSR count). The summed E-state index contributed by atoms with van der Waals surface area (Å²) in [7, 11) is 1.55.